The summed E-state index contributed by atoms with van der Waals surface area (Å²) in [4.78, 5) is 45.6. The van der Waals surface area contributed by atoms with Gasteiger partial charge in [-0.05, 0) is 81.3 Å². The van der Waals surface area contributed by atoms with Gasteiger partial charge in [0.15, 0.2) is 0 Å². The zero-order chi connectivity index (χ0) is 37.4. The molecule has 4 aromatic carbocycles. The van der Waals surface area contributed by atoms with Gasteiger partial charge < -0.3 is 50.7 Å². The summed E-state index contributed by atoms with van der Waals surface area (Å²) in [5.41, 5.74) is 6.79. The number of carboxylic acid groups (broad SMARTS) is 4. The van der Waals surface area contributed by atoms with Crippen LogP contribution in [0, 0.1) is 0 Å². The predicted molar refractivity (Wildman–Crippen MR) is 189 cm³/mol. The van der Waals surface area contributed by atoms with Gasteiger partial charge in [0.05, 0.1) is 23.9 Å². The van der Waals surface area contributed by atoms with Gasteiger partial charge in [-0.15, -0.1) is 0 Å². The van der Waals surface area contributed by atoms with Crippen molar-refractivity contribution in [3.8, 4) is 0 Å². The Labute approximate surface area is 314 Å². The Kier molecular flexibility index (Phi) is 17.6. The van der Waals surface area contributed by atoms with Crippen LogP contribution < -0.4 is 58.0 Å². The average molecular weight is 771 g/mol. The number of hydrogen-bond donors (Lipinski definition) is 3. The number of nitrogens with zero attached hydrogens (tertiary/aromatic N) is 2. The zero-order valence-corrected chi connectivity index (χ0v) is 30.7. The van der Waals surface area contributed by atoms with Crippen molar-refractivity contribution in [3.63, 3.8) is 0 Å². The van der Waals surface area contributed by atoms with Crippen molar-refractivity contribution in [3.05, 3.63) is 115 Å². The topological polar surface area (TPSA) is 217 Å². The molecule has 0 spiro atoms. The molecule has 0 atom stereocenters. The Morgan fingerprint density at radius 1 is 0.577 bits per heavy atom. The van der Waals surface area contributed by atoms with Gasteiger partial charge >= 0.3 is 17.1 Å². The summed E-state index contributed by atoms with van der Waals surface area (Å²) < 4.78 is 0. The van der Waals surface area contributed by atoms with Crippen LogP contribution in [-0.2, 0) is 36.2 Å². The van der Waals surface area contributed by atoms with Crippen LogP contribution in [0.5, 0.6) is 0 Å². The third kappa shape index (κ3) is 11.2. The monoisotopic (exact) mass is 770 g/mol. The quantitative estimate of drug-likeness (QED) is 0.0381. The number of carboxylic acids is 4. The zero-order valence-electron chi connectivity index (χ0n) is 28.8. The van der Waals surface area contributed by atoms with Crippen molar-refractivity contribution < 1.29 is 56.7 Å². The molecule has 0 bridgehead atoms. The minimum absolute atomic E-state index is 0. The Morgan fingerprint density at radius 3 is 1.15 bits per heavy atom. The number of anilines is 1. The number of carbonyl (C=O) groups excluding carboxylic acids is 4. The van der Waals surface area contributed by atoms with Gasteiger partial charge in [0.2, 0.25) is 0 Å². The molecule has 4 aromatic rings. The molecule has 0 fully saturated rings. The summed E-state index contributed by atoms with van der Waals surface area (Å²) in [7, 11) is 0.861. The van der Waals surface area contributed by atoms with E-state index in [1.807, 2.05) is 12.1 Å². The molecular formula is C37H41FeN5O8P. The molecule has 0 aromatic heterocycles. The second kappa shape index (κ2) is 21.0. The number of nitrogens with two attached hydrogens (primary N) is 1. The molecule has 1 radical (unpaired) electrons. The van der Waals surface area contributed by atoms with E-state index < -0.39 is 63.1 Å². The number of hydrogen-bond acceptors (Lipinski definition) is 13. The van der Waals surface area contributed by atoms with E-state index in [0.717, 1.165) is 15.5 Å². The second-order valence-electron chi connectivity index (χ2n) is 11.4. The molecule has 4 N–H and O–H groups in total. The number of carbonyl (C=O) groups is 4. The Balaban J connectivity index is 0.000000354. The number of nitrogen functional groups attached to an aromatic ring is 1. The summed E-state index contributed by atoms with van der Waals surface area (Å²) in [6.07, 6.45) is -0.0822. The van der Waals surface area contributed by atoms with Crippen molar-refractivity contribution in [2.75, 3.05) is 52.6 Å². The van der Waals surface area contributed by atoms with E-state index >= 15 is 0 Å². The summed E-state index contributed by atoms with van der Waals surface area (Å²) >= 11 is 0. The van der Waals surface area contributed by atoms with Gasteiger partial charge in [-0.2, -0.15) is 0 Å². The van der Waals surface area contributed by atoms with E-state index in [9.17, 15) is 39.6 Å². The first-order chi connectivity index (χ1) is 24.4. The van der Waals surface area contributed by atoms with Crippen molar-refractivity contribution in [2.45, 2.75) is 12.2 Å². The van der Waals surface area contributed by atoms with E-state index in [1.165, 1.54) is 28.3 Å². The van der Waals surface area contributed by atoms with Crippen LogP contribution in [0.4, 0.5) is 5.69 Å². The van der Waals surface area contributed by atoms with Gasteiger partial charge in [0.1, 0.15) is 34.3 Å². The minimum Gasteiger partial charge on any atom is -0.549 e. The first-order valence-corrected chi connectivity index (χ1v) is 17.7. The van der Waals surface area contributed by atoms with Crippen molar-refractivity contribution in [2.24, 2.45) is 0 Å². The summed E-state index contributed by atoms with van der Waals surface area (Å²) in [6, 6.07) is 41.0. The molecule has 275 valence electrons. The molecule has 15 heteroatoms. The van der Waals surface area contributed by atoms with Crippen LogP contribution in [0.15, 0.2) is 115 Å². The molecule has 0 saturated carbocycles. The van der Waals surface area contributed by atoms with E-state index in [1.54, 1.807) is 7.05 Å². The summed E-state index contributed by atoms with van der Waals surface area (Å²) in [6.45, 7) is -3.53. The molecular weight excluding hydrogens is 729 g/mol. The maximum absolute atomic E-state index is 11.0. The number of rotatable bonds is 18. The van der Waals surface area contributed by atoms with Crippen LogP contribution in [0.3, 0.4) is 0 Å². The largest absolute Gasteiger partial charge is 3.00 e. The van der Waals surface area contributed by atoms with Crippen LogP contribution in [0.2, 0.25) is 0 Å². The van der Waals surface area contributed by atoms with E-state index in [0.29, 0.717) is 0 Å². The molecule has 0 heterocycles. The first-order valence-electron chi connectivity index (χ1n) is 16.0. The number of aliphatic carboxylic acids is 4. The molecule has 0 amide bonds. The third-order valence-electron chi connectivity index (χ3n) is 8.16. The molecule has 0 aliphatic rings. The van der Waals surface area contributed by atoms with Crippen LogP contribution in [0.25, 0.3) is 0 Å². The Hall–Kier alpha value is -4.65. The molecule has 0 aliphatic carbocycles. The predicted octanol–water partition coefficient (Wildman–Crippen LogP) is -4.04. The van der Waals surface area contributed by atoms with Crippen LogP contribution in [0.1, 0.15) is 6.42 Å². The average Bonchev–Trinajstić information content (AvgIpc) is 3.10. The molecule has 52 heavy (non-hydrogen) atoms. The van der Waals surface area contributed by atoms with E-state index in [-0.39, 0.29) is 30.0 Å². The van der Waals surface area contributed by atoms with Crippen LogP contribution >= 0.6 is 7.26 Å². The molecule has 13 nitrogen and oxygen atoms in total. The Morgan fingerprint density at radius 2 is 0.885 bits per heavy atom. The fourth-order valence-electron chi connectivity index (χ4n) is 6.06. The Bertz CT molecular complexity index is 1560. The van der Waals surface area contributed by atoms with Gasteiger partial charge in [0, 0.05) is 38.3 Å². The van der Waals surface area contributed by atoms with Crippen molar-refractivity contribution in [1.82, 2.24) is 20.4 Å². The third-order valence-corrected chi connectivity index (χ3v) is 12.5. The normalized spacial score (nSPS) is 11.2. The van der Waals surface area contributed by atoms with Crippen molar-refractivity contribution in [1.29, 1.82) is 0 Å². The van der Waals surface area contributed by atoms with Crippen LogP contribution in [-0.4, -0.2) is 86.3 Å². The number of benzene rings is 4. The maximum atomic E-state index is 11.0. The standard InChI is InChI=1S/C24H21NP.C13H24N4O8.Fe/c25-20-16-18-24(19-17-20)26(21-10-4-1-5-11-21,22-12-6-2-7-13-22)23-14-8-3-9-15-23;1-14-4-3-13(15-2,16(5-9(18)19)6-10(20)21)17(7-11(22)23)8-12(24)25;/h1-19H,25H2;14-15H,3-8H2,1-2H3,(H,18,19)(H,20,21)(H,22,23)(H,24,25);/q+1;;+3/p-4. The molecule has 0 aliphatic heterocycles. The van der Waals surface area contributed by atoms with Gasteiger partial charge in [-0.1, -0.05) is 54.6 Å². The minimum atomic E-state index is -1.98. The molecule has 0 saturated heterocycles. The van der Waals surface area contributed by atoms with Gasteiger partial charge in [-0.3, -0.25) is 15.1 Å². The summed E-state index contributed by atoms with van der Waals surface area (Å²) in [5, 5.41) is 54.8. The fraction of sp³-hybridized carbons (Fsp3) is 0.243. The fourth-order valence-corrected chi connectivity index (χ4v) is 10.3. The molecule has 0 unspecified atom stereocenters. The van der Waals surface area contributed by atoms with Gasteiger partial charge in [0.25, 0.3) is 0 Å². The van der Waals surface area contributed by atoms with Crippen molar-refractivity contribution >= 4 is 58.0 Å². The molecule has 4 rings (SSSR count). The maximum Gasteiger partial charge on any atom is 3.00 e. The first kappa shape index (κ1) is 43.5. The SMILES string of the molecule is CNCCC(NC)(N(CC(=O)[O-])CC(=O)[O-])N(CC(=O)[O-])CC(=O)[O-].Nc1ccc([P+](c2ccccc2)(c2ccccc2)c2ccccc2)cc1.[Fe+3]. The van der Waals surface area contributed by atoms with E-state index in [2.05, 4.69) is 114 Å². The van der Waals surface area contributed by atoms with Gasteiger partial charge in [-0.25, -0.2) is 0 Å². The summed E-state index contributed by atoms with van der Waals surface area (Å²) in [5.74, 6) is -8.36. The van der Waals surface area contributed by atoms with E-state index in [4.69, 9.17) is 5.73 Å². The smallest absolute Gasteiger partial charge is 0.549 e. The second-order valence-corrected chi connectivity index (χ2v) is 14.8. The number of nitrogens with one attached hydrogen (secondary N) is 2.